The van der Waals surface area contributed by atoms with Gasteiger partial charge in [0.05, 0.1) is 11.2 Å². The van der Waals surface area contributed by atoms with Crippen molar-refractivity contribution >= 4 is 17.7 Å². The second-order valence-electron chi connectivity index (χ2n) is 8.37. The number of hydrogen-bond donors (Lipinski definition) is 6. The van der Waals surface area contributed by atoms with Gasteiger partial charge >= 0.3 is 5.97 Å². The first kappa shape index (κ1) is 26.4. The Balaban J connectivity index is 4.53. The summed E-state index contributed by atoms with van der Waals surface area (Å²) in [6, 6.07) is -1.74. The van der Waals surface area contributed by atoms with Crippen LogP contribution in [0.15, 0.2) is 0 Å². The zero-order valence-electron chi connectivity index (χ0n) is 17.9. The average Bonchev–Trinajstić information content (AvgIpc) is 2.54. The van der Waals surface area contributed by atoms with E-state index < -0.39 is 35.2 Å². The number of aliphatic carboxylic acids is 1. The van der Waals surface area contributed by atoms with Gasteiger partial charge in [0.25, 0.3) is 0 Å². The summed E-state index contributed by atoms with van der Waals surface area (Å²) in [4.78, 5) is 36.2. The van der Waals surface area contributed by atoms with Gasteiger partial charge in [0.2, 0.25) is 5.91 Å². The lowest BCUT2D eigenvalue weighted by atomic mass is 9.94. The van der Waals surface area contributed by atoms with Gasteiger partial charge in [-0.1, -0.05) is 13.3 Å². The van der Waals surface area contributed by atoms with E-state index in [1.165, 1.54) is 0 Å². The van der Waals surface area contributed by atoms with E-state index in [9.17, 15) is 19.5 Å². The first-order chi connectivity index (χ1) is 12.8. The number of carboxylic acids is 1. The second kappa shape index (κ2) is 12.1. The van der Waals surface area contributed by atoms with Crippen LogP contribution in [0.3, 0.4) is 0 Å². The molecule has 0 aliphatic carbocycles. The molecule has 9 heteroatoms. The van der Waals surface area contributed by atoms with E-state index in [0.29, 0.717) is 32.4 Å². The van der Waals surface area contributed by atoms with Gasteiger partial charge in [-0.25, -0.2) is 0 Å². The molecule has 0 rings (SSSR count). The molecule has 9 nitrogen and oxygen atoms in total. The van der Waals surface area contributed by atoms with E-state index in [2.05, 4.69) is 16.0 Å². The van der Waals surface area contributed by atoms with Gasteiger partial charge < -0.3 is 21.9 Å². The monoisotopic (exact) mass is 401 g/mol. The molecule has 0 saturated carbocycles. The minimum absolute atomic E-state index is 0.349. The molecule has 164 valence electrons. The molecule has 1 unspecified atom stereocenters. The predicted octanol–water partition coefficient (Wildman–Crippen LogP) is 0.0752. The molecular formula is C19H39N5O4. The Bertz CT molecular complexity index is 511. The van der Waals surface area contributed by atoms with Crippen LogP contribution in [0.4, 0.5) is 0 Å². The van der Waals surface area contributed by atoms with Crippen molar-refractivity contribution in [2.24, 2.45) is 11.5 Å². The SMILES string of the molecule is CCCCNC(C(=O)NCCCC[C@H](NC(C)(C)N)C(=O)O)C(=O)C(C)(C)N. The normalized spacial score (nSPS) is 14.4. The van der Waals surface area contributed by atoms with Gasteiger partial charge in [-0.3, -0.25) is 25.0 Å². The molecule has 0 heterocycles. The summed E-state index contributed by atoms with van der Waals surface area (Å²) in [5.74, 6) is -1.73. The number of ketones is 1. The summed E-state index contributed by atoms with van der Waals surface area (Å²) in [6.07, 6.45) is 3.36. The smallest absolute Gasteiger partial charge is 0.320 e. The number of nitrogens with one attached hydrogen (secondary N) is 3. The molecule has 0 aromatic carbocycles. The number of Topliss-reactive ketones (excluding diaryl/α,β-unsaturated/α-hetero) is 1. The molecule has 0 aliphatic heterocycles. The van der Waals surface area contributed by atoms with E-state index in [1.54, 1.807) is 27.7 Å². The predicted molar refractivity (Wildman–Crippen MR) is 110 cm³/mol. The van der Waals surface area contributed by atoms with Crippen LogP contribution in [0.5, 0.6) is 0 Å². The molecule has 1 amide bonds. The van der Waals surface area contributed by atoms with Gasteiger partial charge in [-0.15, -0.1) is 0 Å². The maximum atomic E-state index is 12.5. The zero-order valence-corrected chi connectivity index (χ0v) is 17.9. The van der Waals surface area contributed by atoms with Crippen LogP contribution >= 0.6 is 0 Å². The highest BCUT2D eigenvalue weighted by Gasteiger charge is 2.34. The lowest BCUT2D eigenvalue weighted by Gasteiger charge is -2.26. The van der Waals surface area contributed by atoms with Crippen molar-refractivity contribution in [3.8, 4) is 0 Å². The Hall–Kier alpha value is -1.55. The number of carbonyl (C=O) groups excluding carboxylic acids is 2. The Morgan fingerprint density at radius 1 is 1.00 bits per heavy atom. The minimum Gasteiger partial charge on any atom is -0.480 e. The first-order valence-corrected chi connectivity index (χ1v) is 9.93. The van der Waals surface area contributed by atoms with Crippen LogP contribution in [0.25, 0.3) is 0 Å². The summed E-state index contributed by atoms with van der Waals surface area (Å²) >= 11 is 0. The standard InChI is InChI=1S/C19H39N5O4/c1-6-7-11-22-14(15(25)18(2,3)20)16(26)23-12-9-8-10-13(17(27)28)24-19(4,5)21/h13-14,22,24H,6-12,20-21H2,1-5H3,(H,23,26)(H,27,28)/t13-,14?/m0/s1. The van der Waals surface area contributed by atoms with E-state index in [1.807, 2.05) is 6.92 Å². The Kier molecular flexibility index (Phi) is 11.4. The fraction of sp³-hybridized carbons (Fsp3) is 0.842. The molecule has 28 heavy (non-hydrogen) atoms. The summed E-state index contributed by atoms with van der Waals surface area (Å²) < 4.78 is 0. The van der Waals surface area contributed by atoms with Crippen molar-refractivity contribution < 1.29 is 19.5 Å². The van der Waals surface area contributed by atoms with Crippen molar-refractivity contribution in [2.75, 3.05) is 13.1 Å². The Labute approximate surface area is 168 Å². The van der Waals surface area contributed by atoms with Gasteiger partial charge in [-0.05, 0) is 59.9 Å². The highest BCUT2D eigenvalue weighted by Crippen LogP contribution is 2.06. The van der Waals surface area contributed by atoms with E-state index in [4.69, 9.17) is 11.5 Å². The third-order valence-electron chi connectivity index (χ3n) is 4.10. The highest BCUT2D eigenvalue weighted by atomic mass is 16.4. The fourth-order valence-corrected chi connectivity index (χ4v) is 2.59. The molecule has 8 N–H and O–H groups in total. The maximum absolute atomic E-state index is 12.5. The average molecular weight is 402 g/mol. The molecule has 0 aromatic rings. The number of rotatable bonds is 15. The molecular weight excluding hydrogens is 362 g/mol. The molecule has 0 radical (unpaired) electrons. The Morgan fingerprint density at radius 3 is 2.07 bits per heavy atom. The molecule has 0 fully saturated rings. The second-order valence-corrected chi connectivity index (χ2v) is 8.37. The number of amides is 1. The van der Waals surface area contributed by atoms with Gasteiger partial charge in [0.1, 0.15) is 12.1 Å². The summed E-state index contributed by atoms with van der Waals surface area (Å²) in [5.41, 5.74) is 9.78. The van der Waals surface area contributed by atoms with Crippen molar-refractivity contribution in [1.29, 1.82) is 0 Å². The highest BCUT2D eigenvalue weighted by molar-refractivity contribution is 6.09. The fourth-order valence-electron chi connectivity index (χ4n) is 2.59. The molecule has 0 bridgehead atoms. The van der Waals surface area contributed by atoms with Crippen LogP contribution in [0, 0.1) is 0 Å². The number of hydrogen-bond acceptors (Lipinski definition) is 7. The number of carboxylic acid groups (broad SMARTS) is 1. The Morgan fingerprint density at radius 2 is 1.61 bits per heavy atom. The molecule has 0 saturated heterocycles. The number of unbranched alkanes of at least 4 members (excludes halogenated alkanes) is 2. The van der Waals surface area contributed by atoms with Crippen molar-refractivity contribution in [1.82, 2.24) is 16.0 Å². The number of nitrogens with two attached hydrogens (primary N) is 2. The van der Waals surface area contributed by atoms with Crippen LogP contribution in [0.1, 0.15) is 66.7 Å². The maximum Gasteiger partial charge on any atom is 0.320 e. The van der Waals surface area contributed by atoms with Gasteiger partial charge in [-0.2, -0.15) is 0 Å². The lowest BCUT2D eigenvalue weighted by Crippen LogP contribution is -2.58. The topological polar surface area (TPSA) is 160 Å². The quantitative estimate of drug-likeness (QED) is 0.128. The van der Waals surface area contributed by atoms with Crippen LogP contribution in [-0.4, -0.2) is 59.1 Å². The van der Waals surface area contributed by atoms with E-state index >= 15 is 0 Å². The van der Waals surface area contributed by atoms with E-state index in [0.717, 1.165) is 12.8 Å². The summed E-state index contributed by atoms with van der Waals surface area (Å²) in [5, 5.41) is 17.8. The molecule has 2 atom stereocenters. The van der Waals surface area contributed by atoms with Crippen molar-refractivity contribution in [3.05, 3.63) is 0 Å². The van der Waals surface area contributed by atoms with Gasteiger partial charge in [0.15, 0.2) is 5.78 Å². The van der Waals surface area contributed by atoms with Crippen molar-refractivity contribution in [3.63, 3.8) is 0 Å². The van der Waals surface area contributed by atoms with Crippen LogP contribution < -0.4 is 27.4 Å². The third-order valence-corrected chi connectivity index (χ3v) is 4.10. The zero-order chi connectivity index (χ0) is 22.0. The summed E-state index contributed by atoms with van der Waals surface area (Å²) in [7, 11) is 0. The van der Waals surface area contributed by atoms with Gasteiger partial charge in [0, 0.05) is 6.54 Å². The number of carbonyl (C=O) groups is 3. The minimum atomic E-state index is -1.11. The van der Waals surface area contributed by atoms with Crippen LogP contribution in [0.2, 0.25) is 0 Å². The largest absolute Gasteiger partial charge is 0.480 e. The molecule has 0 aromatic heterocycles. The summed E-state index contributed by atoms with van der Waals surface area (Å²) in [6.45, 7) is 9.48. The van der Waals surface area contributed by atoms with Crippen LogP contribution in [-0.2, 0) is 14.4 Å². The molecule has 0 aliphatic rings. The van der Waals surface area contributed by atoms with Crippen molar-refractivity contribution in [2.45, 2.75) is 90.0 Å². The molecule has 0 spiro atoms. The van der Waals surface area contributed by atoms with E-state index in [-0.39, 0.29) is 5.78 Å². The first-order valence-electron chi connectivity index (χ1n) is 9.93. The lowest BCUT2D eigenvalue weighted by molar-refractivity contribution is -0.140. The third kappa shape index (κ3) is 11.3.